The van der Waals surface area contributed by atoms with E-state index in [9.17, 15) is 0 Å². The summed E-state index contributed by atoms with van der Waals surface area (Å²) < 4.78 is 0. The van der Waals surface area contributed by atoms with Crippen molar-refractivity contribution in [3.8, 4) is 0 Å². The molecule has 2 N–H and O–H groups in total. The van der Waals surface area contributed by atoms with Crippen LogP contribution in [-0.2, 0) is 6.42 Å². The molecule has 1 heterocycles. The zero-order chi connectivity index (χ0) is 14.0. The molecule has 2 aromatic carbocycles. The summed E-state index contributed by atoms with van der Waals surface area (Å²) >= 11 is 0. The minimum absolute atomic E-state index is 0.0752. The number of piperidine rings is 1. The second-order valence-electron chi connectivity index (χ2n) is 5.15. The van der Waals surface area contributed by atoms with Crippen molar-refractivity contribution in [2.24, 2.45) is 0 Å². The van der Waals surface area contributed by atoms with Crippen LogP contribution in [0.25, 0.3) is 0 Å². The van der Waals surface area contributed by atoms with Crippen LogP contribution in [0, 0.1) is 0 Å². The summed E-state index contributed by atoms with van der Waals surface area (Å²) in [7, 11) is 0. The van der Waals surface area contributed by atoms with Crippen LogP contribution in [0.4, 0.5) is 0 Å². The van der Waals surface area contributed by atoms with Gasteiger partial charge in [0.05, 0.1) is 6.10 Å². The Morgan fingerprint density at radius 3 is 1.80 bits per heavy atom. The third-order valence-corrected chi connectivity index (χ3v) is 3.36. The maximum absolute atomic E-state index is 8.85. The molecule has 1 atom stereocenters. The Morgan fingerprint density at radius 1 is 0.900 bits per heavy atom. The largest absolute Gasteiger partial charge is 0.392 e. The Balaban J connectivity index is 0.000000178. The van der Waals surface area contributed by atoms with Crippen LogP contribution in [0.1, 0.15) is 24.0 Å². The van der Waals surface area contributed by atoms with Gasteiger partial charge in [0.2, 0.25) is 0 Å². The summed E-state index contributed by atoms with van der Waals surface area (Å²) in [5.74, 6) is 0. The van der Waals surface area contributed by atoms with Crippen molar-refractivity contribution < 1.29 is 5.11 Å². The molecule has 1 fully saturated rings. The molecule has 2 aromatic rings. The lowest BCUT2D eigenvalue weighted by Gasteiger charge is -2.16. The standard InChI is InChI=1S/C13H12.C5H11NO/c1-3-7-12(8-4-1)11-13-9-5-2-6-10-13;7-5-2-1-3-6-4-5/h1-10H,11H2;5-7H,1-4H2. The van der Waals surface area contributed by atoms with Crippen LogP contribution in [-0.4, -0.2) is 24.3 Å². The van der Waals surface area contributed by atoms with E-state index < -0.39 is 0 Å². The van der Waals surface area contributed by atoms with Gasteiger partial charge in [-0.15, -0.1) is 0 Å². The number of hydrogen-bond donors (Lipinski definition) is 2. The fourth-order valence-electron chi connectivity index (χ4n) is 2.26. The quantitative estimate of drug-likeness (QED) is 0.878. The monoisotopic (exact) mass is 269 g/mol. The van der Waals surface area contributed by atoms with Gasteiger partial charge in [0, 0.05) is 6.54 Å². The second kappa shape index (κ2) is 8.51. The molecule has 1 aliphatic heterocycles. The zero-order valence-electron chi connectivity index (χ0n) is 11.8. The number of aliphatic hydroxyl groups is 1. The fourth-order valence-corrected chi connectivity index (χ4v) is 2.26. The summed E-state index contributed by atoms with van der Waals surface area (Å²) in [5.41, 5.74) is 2.74. The van der Waals surface area contributed by atoms with E-state index in [1.165, 1.54) is 11.1 Å². The van der Waals surface area contributed by atoms with E-state index in [1.54, 1.807) is 0 Å². The highest BCUT2D eigenvalue weighted by Crippen LogP contribution is 2.07. The molecule has 2 heteroatoms. The molecule has 1 unspecified atom stereocenters. The van der Waals surface area contributed by atoms with Gasteiger partial charge in [-0.05, 0) is 36.9 Å². The van der Waals surface area contributed by atoms with Gasteiger partial charge >= 0.3 is 0 Å². The smallest absolute Gasteiger partial charge is 0.0665 e. The van der Waals surface area contributed by atoms with Gasteiger partial charge in [0.15, 0.2) is 0 Å². The van der Waals surface area contributed by atoms with Gasteiger partial charge < -0.3 is 10.4 Å². The lowest BCUT2D eigenvalue weighted by molar-refractivity contribution is 0.142. The molecular weight excluding hydrogens is 246 g/mol. The fraction of sp³-hybridized carbons (Fsp3) is 0.333. The number of β-amino-alcohol motifs (C(OH)–C–C–N with tert-alkyl or cyclic N) is 1. The van der Waals surface area contributed by atoms with Crippen molar-refractivity contribution in [3.63, 3.8) is 0 Å². The first-order valence-electron chi connectivity index (χ1n) is 7.31. The molecule has 1 aliphatic rings. The van der Waals surface area contributed by atoms with Crippen LogP contribution >= 0.6 is 0 Å². The molecule has 0 amide bonds. The maximum atomic E-state index is 8.85. The lowest BCUT2D eigenvalue weighted by atomic mass is 10.1. The summed E-state index contributed by atoms with van der Waals surface area (Å²) in [6.45, 7) is 1.87. The van der Waals surface area contributed by atoms with Crippen LogP contribution in [0.2, 0.25) is 0 Å². The average molecular weight is 269 g/mol. The molecule has 3 rings (SSSR count). The molecule has 0 spiro atoms. The number of aliphatic hydroxyl groups excluding tert-OH is 1. The molecule has 0 radical (unpaired) electrons. The first-order valence-corrected chi connectivity index (χ1v) is 7.31. The average Bonchev–Trinajstić information content (AvgIpc) is 2.51. The van der Waals surface area contributed by atoms with E-state index in [2.05, 4.69) is 66.0 Å². The lowest BCUT2D eigenvalue weighted by Crippen LogP contribution is -2.33. The number of benzene rings is 2. The van der Waals surface area contributed by atoms with Gasteiger partial charge in [-0.3, -0.25) is 0 Å². The van der Waals surface area contributed by atoms with Crippen molar-refractivity contribution in [1.82, 2.24) is 5.32 Å². The molecule has 0 saturated carbocycles. The maximum Gasteiger partial charge on any atom is 0.0665 e. The topological polar surface area (TPSA) is 32.3 Å². The van der Waals surface area contributed by atoms with Crippen LogP contribution < -0.4 is 5.32 Å². The summed E-state index contributed by atoms with van der Waals surface area (Å²) in [4.78, 5) is 0. The van der Waals surface area contributed by atoms with Gasteiger partial charge in [-0.1, -0.05) is 60.7 Å². The van der Waals surface area contributed by atoms with Gasteiger partial charge in [0.1, 0.15) is 0 Å². The molecular formula is C18H23NO. The first kappa shape index (κ1) is 14.8. The molecule has 106 valence electrons. The normalized spacial score (nSPS) is 17.9. The Hall–Kier alpha value is -1.64. The van der Waals surface area contributed by atoms with Gasteiger partial charge in [-0.2, -0.15) is 0 Å². The second-order valence-corrected chi connectivity index (χ2v) is 5.15. The van der Waals surface area contributed by atoms with Crippen molar-refractivity contribution >= 4 is 0 Å². The van der Waals surface area contributed by atoms with Crippen molar-refractivity contribution in [2.75, 3.05) is 13.1 Å². The Labute approximate surface area is 121 Å². The van der Waals surface area contributed by atoms with E-state index >= 15 is 0 Å². The minimum atomic E-state index is -0.0752. The third-order valence-electron chi connectivity index (χ3n) is 3.36. The zero-order valence-corrected chi connectivity index (χ0v) is 11.8. The van der Waals surface area contributed by atoms with E-state index in [4.69, 9.17) is 5.11 Å². The van der Waals surface area contributed by atoms with Crippen molar-refractivity contribution in [2.45, 2.75) is 25.4 Å². The molecule has 0 aliphatic carbocycles. The molecule has 20 heavy (non-hydrogen) atoms. The summed E-state index contributed by atoms with van der Waals surface area (Å²) in [5, 5.41) is 11.9. The summed E-state index contributed by atoms with van der Waals surface area (Å²) in [6, 6.07) is 21.1. The number of hydrogen-bond acceptors (Lipinski definition) is 2. The van der Waals surface area contributed by atoms with Crippen molar-refractivity contribution in [1.29, 1.82) is 0 Å². The predicted octanol–water partition coefficient (Wildman–Crippen LogP) is 3.01. The van der Waals surface area contributed by atoms with Gasteiger partial charge in [-0.25, -0.2) is 0 Å². The highest BCUT2D eigenvalue weighted by Gasteiger charge is 2.06. The van der Waals surface area contributed by atoms with Crippen LogP contribution in [0.3, 0.4) is 0 Å². The highest BCUT2D eigenvalue weighted by molar-refractivity contribution is 5.25. The predicted molar refractivity (Wildman–Crippen MR) is 83.8 cm³/mol. The van der Waals surface area contributed by atoms with E-state index in [0.717, 1.165) is 32.4 Å². The molecule has 1 saturated heterocycles. The van der Waals surface area contributed by atoms with Crippen LogP contribution in [0.15, 0.2) is 60.7 Å². The highest BCUT2D eigenvalue weighted by atomic mass is 16.3. The Bertz CT molecular complexity index is 426. The number of nitrogens with one attached hydrogen (secondary N) is 1. The van der Waals surface area contributed by atoms with E-state index in [-0.39, 0.29) is 6.10 Å². The Morgan fingerprint density at radius 2 is 1.45 bits per heavy atom. The van der Waals surface area contributed by atoms with E-state index in [0.29, 0.717) is 0 Å². The van der Waals surface area contributed by atoms with Gasteiger partial charge in [0.25, 0.3) is 0 Å². The SMILES string of the molecule is OC1CCCNC1.c1ccc(Cc2ccccc2)cc1. The van der Waals surface area contributed by atoms with Crippen molar-refractivity contribution in [3.05, 3.63) is 71.8 Å². The molecule has 2 nitrogen and oxygen atoms in total. The van der Waals surface area contributed by atoms with Crippen LogP contribution in [0.5, 0.6) is 0 Å². The Kier molecular flexibility index (Phi) is 6.28. The molecule has 0 bridgehead atoms. The first-order chi connectivity index (χ1) is 9.84. The third kappa shape index (κ3) is 5.55. The molecule has 0 aromatic heterocycles. The summed E-state index contributed by atoms with van der Waals surface area (Å²) in [6.07, 6.45) is 3.06. The number of rotatable bonds is 2. The minimum Gasteiger partial charge on any atom is -0.392 e. The van der Waals surface area contributed by atoms with E-state index in [1.807, 2.05) is 0 Å².